The smallest absolute Gasteiger partial charge is 0.209 e. The second kappa shape index (κ2) is 6.18. The summed E-state index contributed by atoms with van der Waals surface area (Å²) in [6.45, 7) is 3.49. The molecule has 0 amide bonds. The second-order valence-corrected chi connectivity index (χ2v) is 6.07. The van der Waals surface area contributed by atoms with Crippen LogP contribution in [0.2, 0.25) is 5.02 Å². The third-order valence-electron chi connectivity index (χ3n) is 4.01. The summed E-state index contributed by atoms with van der Waals surface area (Å²) >= 11 is 5.89. The average Bonchev–Trinajstić information content (AvgIpc) is 2.92. The number of aliphatic hydroxyl groups is 1. The van der Waals surface area contributed by atoms with E-state index in [1.165, 1.54) is 0 Å². The Balaban J connectivity index is 1.71. The molecule has 1 aliphatic heterocycles. The molecule has 5 heteroatoms. The van der Waals surface area contributed by atoms with E-state index in [-0.39, 0.29) is 6.10 Å². The number of piperidine rings is 1. The predicted octanol–water partition coefficient (Wildman–Crippen LogP) is 3.34. The van der Waals surface area contributed by atoms with Crippen LogP contribution in [0.4, 0.5) is 0 Å². The molecule has 0 saturated carbocycles. The summed E-state index contributed by atoms with van der Waals surface area (Å²) in [6.07, 6.45) is 3.38. The molecule has 112 valence electrons. The largest absolute Gasteiger partial charge is 0.439 e. The topological polar surface area (TPSA) is 49.5 Å². The zero-order valence-electron chi connectivity index (χ0n) is 12.0. The number of nitrogens with zero attached hydrogens (tertiary/aromatic N) is 2. The SMILES string of the molecule is CC1CCC(O)CN1Cc1ncc(-c2ccc(Cl)cc2)o1. The van der Waals surface area contributed by atoms with Crippen molar-refractivity contribution in [1.29, 1.82) is 0 Å². The normalized spacial score (nSPS) is 23.4. The van der Waals surface area contributed by atoms with Crippen molar-refractivity contribution in [3.05, 3.63) is 41.4 Å². The molecule has 3 rings (SSSR count). The summed E-state index contributed by atoms with van der Waals surface area (Å²) < 4.78 is 5.82. The molecular weight excluding hydrogens is 288 g/mol. The Bertz CT molecular complexity index is 597. The zero-order chi connectivity index (χ0) is 14.8. The van der Waals surface area contributed by atoms with Crippen LogP contribution in [-0.2, 0) is 6.54 Å². The summed E-state index contributed by atoms with van der Waals surface area (Å²) in [5.41, 5.74) is 0.963. The minimum absolute atomic E-state index is 0.244. The van der Waals surface area contributed by atoms with Crippen molar-refractivity contribution in [3.8, 4) is 11.3 Å². The average molecular weight is 307 g/mol. The van der Waals surface area contributed by atoms with Gasteiger partial charge in [0.2, 0.25) is 5.89 Å². The number of halogens is 1. The van der Waals surface area contributed by atoms with Crippen molar-refractivity contribution in [3.63, 3.8) is 0 Å². The van der Waals surface area contributed by atoms with Crippen LogP contribution in [0.15, 0.2) is 34.9 Å². The number of hydrogen-bond donors (Lipinski definition) is 1. The molecule has 0 bridgehead atoms. The minimum Gasteiger partial charge on any atom is -0.439 e. The van der Waals surface area contributed by atoms with Crippen molar-refractivity contribution in [2.24, 2.45) is 0 Å². The summed E-state index contributed by atoms with van der Waals surface area (Å²) in [5.74, 6) is 1.42. The van der Waals surface area contributed by atoms with Crippen LogP contribution >= 0.6 is 11.6 Å². The number of β-amino-alcohol motifs (C(OH)–C–C–N with tert-alkyl or cyclic N) is 1. The lowest BCUT2D eigenvalue weighted by Crippen LogP contribution is -2.43. The van der Waals surface area contributed by atoms with Crippen LogP contribution in [0.5, 0.6) is 0 Å². The van der Waals surface area contributed by atoms with E-state index in [2.05, 4.69) is 16.8 Å². The predicted molar refractivity (Wildman–Crippen MR) is 82.1 cm³/mol. The van der Waals surface area contributed by atoms with E-state index in [9.17, 15) is 5.11 Å². The van der Waals surface area contributed by atoms with E-state index in [1.807, 2.05) is 24.3 Å². The molecule has 0 aliphatic carbocycles. The van der Waals surface area contributed by atoms with E-state index < -0.39 is 0 Å². The zero-order valence-corrected chi connectivity index (χ0v) is 12.8. The highest BCUT2D eigenvalue weighted by molar-refractivity contribution is 6.30. The van der Waals surface area contributed by atoms with Crippen molar-refractivity contribution in [1.82, 2.24) is 9.88 Å². The Labute approximate surface area is 129 Å². The molecule has 1 aliphatic rings. The number of aromatic nitrogens is 1. The van der Waals surface area contributed by atoms with Crippen LogP contribution in [0.25, 0.3) is 11.3 Å². The van der Waals surface area contributed by atoms with Gasteiger partial charge in [0.05, 0.1) is 18.8 Å². The highest BCUT2D eigenvalue weighted by Crippen LogP contribution is 2.24. The molecular formula is C16H19ClN2O2. The van der Waals surface area contributed by atoms with Crippen LogP contribution < -0.4 is 0 Å². The maximum absolute atomic E-state index is 9.78. The minimum atomic E-state index is -0.244. The Kier molecular flexibility index (Phi) is 4.29. The quantitative estimate of drug-likeness (QED) is 0.945. The van der Waals surface area contributed by atoms with Crippen LogP contribution in [0.1, 0.15) is 25.7 Å². The fraction of sp³-hybridized carbons (Fsp3) is 0.438. The van der Waals surface area contributed by atoms with Gasteiger partial charge in [0.1, 0.15) is 0 Å². The molecule has 2 unspecified atom stereocenters. The summed E-state index contributed by atoms with van der Waals surface area (Å²) in [7, 11) is 0. The third-order valence-corrected chi connectivity index (χ3v) is 4.26. The Hall–Kier alpha value is -1.36. The molecule has 0 radical (unpaired) electrons. The Morgan fingerprint density at radius 3 is 2.86 bits per heavy atom. The molecule has 1 aromatic heterocycles. The standard InChI is InChI=1S/C16H19ClN2O2/c1-11-2-7-14(20)9-19(11)10-16-18-8-15(21-16)12-3-5-13(17)6-4-12/h3-6,8,11,14,20H,2,7,9-10H2,1H3. The van der Waals surface area contributed by atoms with Gasteiger partial charge in [0.15, 0.2) is 5.76 Å². The molecule has 1 saturated heterocycles. The van der Waals surface area contributed by atoms with Gasteiger partial charge in [-0.2, -0.15) is 0 Å². The maximum atomic E-state index is 9.78. The summed E-state index contributed by atoms with van der Waals surface area (Å²) in [6, 6.07) is 7.95. The lowest BCUT2D eigenvalue weighted by molar-refractivity contribution is 0.0320. The van der Waals surface area contributed by atoms with Gasteiger partial charge >= 0.3 is 0 Å². The van der Waals surface area contributed by atoms with Crippen LogP contribution in [-0.4, -0.2) is 33.7 Å². The van der Waals surface area contributed by atoms with E-state index >= 15 is 0 Å². The molecule has 1 aromatic carbocycles. The van der Waals surface area contributed by atoms with Gasteiger partial charge in [0.25, 0.3) is 0 Å². The first-order chi connectivity index (χ1) is 10.1. The van der Waals surface area contributed by atoms with Gasteiger partial charge in [-0.25, -0.2) is 4.98 Å². The molecule has 4 nitrogen and oxygen atoms in total. The monoisotopic (exact) mass is 306 g/mol. The summed E-state index contributed by atoms with van der Waals surface area (Å²) in [5, 5.41) is 10.5. The van der Waals surface area contributed by atoms with Gasteiger partial charge in [-0.15, -0.1) is 0 Å². The molecule has 21 heavy (non-hydrogen) atoms. The molecule has 1 fully saturated rings. The van der Waals surface area contributed by atoms with Gasteiger partial charge in [-0.05, 0) is 44.0 Å². The lowest BCUT2D eigenvalue weighted by Gasteiger charge is -2.34. The second-order valence-electron chi connectivity index (χ2n) is 5.63. The lowest BCUT2D eigenvalue weighted by atomic mass is 10.0. The fourth-order valence-electron chi connectivity index (χ4n) is 2.68. The first-order valence-corrected chi connectivity index (χ1v) is 7.62. The number of aliphatic hydroxyl groups excluding tert-OH is 1. The molecule has 2 atom stereocenters. The first-order valence-electron chi connectivity index (χ1n) is 7.24. The molecule has 0 spiro atoms. The van der Waals surface area contributed by atoms with Gasteiger partial charge in [-0.3, -0.25) is 4.90 Å². The number of oxazole rings is 1. The maximum Gasteiger partial charge on any atom is 0.209 e. The number of likely N-dealkylation sites (tertiary alicyclic amines) is 1. The molecule has 1 N–H and O–H groups in total. The number of hydrogen-bond acceptors (Lipinski definition) is 4. The molecule has 2 aromatic rings. The van der Waals surface area contributed by atoms with Gasteiger partial charge in [-0.1, -0.05) is 11.6 Å². The number of rotatable bonds is 3. The van der Waals surface area contributed by atoms with Crippen molar-refractivity contribution in [2.45, 2.75) is 38.5 Å². The van der Waals surface area contributed by atoms with Crippen molar-refractivity contribution < 1.29 is 9.52 Å². The van der Waals surface area contributed by atoms with Crippen molar-refractivity contribution in [2.75, 3.05) is 6.54 Å². The van der Waals surface area contributed by atoms with Crippen LogP contribution in [0.3, 0.4) is 0 Å². The fourth-order valence-corrected chi connectivity index (χ4v) is 2.81. The highest BCUT2D eigenvalue weighted by Gasteiger charge is 2.25. The Morgan fingerprint density at radius 1 is 1.33 bits per heavy atom. The van der Waals surface area contributed by atoms with E-state index in [1.54, 1.807) is 6.20 Å². The first kappa shape index (κ1) is 14.6. The van der Waals surface area contributed by atoms with E-state index in [4.69, 9.17) is 16.0 Å². The number of benzene rings is 1. The third kappa shape index (κ3) is 3.46. The highest BCUT2D eigenvalue weighted by atomic mass is 35.5. The Morgan fingerprint density at radius 2 is 2.10 bits per heavy atom. The van der Waals surface area contributed by atoms with Gasteiger partial charge in [0, 0.05) is 23.2 Å². The van der Waals surface area contributed by atoms with Gasteiger partial charge < -0.3 is 9.52 Å². The van der Waals surface area contributed by atoms with E-state index in [0.717, 1.165) is 24.2 Å². The summed E-state index contributed by atoms with van der Waals surface area (Å²) in [4.78, 5) is 6.56. The van der Waals surface area contributed by atoms with Crippen molar-refractivity contribution >= 4 is 11.6 Å². The van der Waals surface area contributed by atoms with E-state index in [0.29, 0.717) is 30.0 Å². The molecule has 2 heterocycles. The van der Waals surface area contributed by atoms with Crippen LogP contribution in [0, 0.1) is 0 Å².